The van der Waals surface area contributed by atoms with Gasteiger partial charge in [0.1, 0.15) is 12.7 Å². The molecule has 7 heteroatoms. The van der Waals surface area contributed by atoms with Crippen LogP contribution in [0.5, 0.6) is 11.5 Å². The summed E-state index contributed by atoms with van der Waals surface area (Å²) in [6.45, 7) is 0.770. The fourth-order valence-corrected chi connectivity index (χ4v) is 2.43. The average molecular weight is 279 g/mol. The van der Waals surface area contributed by atoms with Crippen LogP contribution in [-0.2, 0) is 6.54 Å². The molecule has 1 aliphatic rings. The van der Waals surface area contributed by atoms with E-state index in [1.54, 1.807) is 0 Å². The van der Waals surface area contributed by atoms with E-state index in [4.69, 9.17) is 19.6 Å². The van der Waals surface area contributed by atoms with Crippen LogP contribution in [0.1, 0.15) is 5.89 Å². The van der Waals surface area contributed by atoms with Crippen LogP contribution >= 0.6 is 11.8 Å². The Bertz CT molecular complexity index is 561. The molecule has 0 fully saturated rings. The summed E-state index contributed by atoms with van der Waals surface area (Å²) >= 11 is 1.44. The van der Waals surface area contributed by atoms with E-state index in [0.717, 1.165) is 11.5 Å². The van der Waals surface area contributed by atoms with E-state index in [1.165, 1.54) is 11.8 Å². The van der Waals surface area contributed by atoms with Gasteiger partial charge >= 0.3 is 0 Å². The van der Waals surface area contributed by atoms with Crippen molar-refractivity contribution in [1.29, 1.82) is 0 Å². The summed E-state index contributed by atoms with van der Waals surface area (Å²) in [6.07, 6.45) is -0.0341. The number of fused-ring (bicyclic) bond motifs is 1. The van der Waals surface area contributed by atoms with Crippen LogP contribution in [0.15, 0.2) is 33.9 Å². The molecule has 1 atom stereocenters. The zero-order valence-electron chi connectivity index (χ0n) is 10.1. The Kier molecular flexibility index (Phi) is 3.56. The Balaban J connectivity index is 1.57. The Morgan fingerprint density at radius 1 is 1.26 bits per heavy atom. The fourth-order valence-electron chi connectivity index (χ4n) is 1.69. The van der Waals surface area contributed by atoms with E-state index in [-0.39, 0.29) is 12.6 Å². The number of aromatic nitrogens is 2. The number of hydrogen-bond acceptors (Lipinski definition) is 7. The van der Waals surface area contributed by atoms with Gasteiger partial charge in [-0.3, -0.25) is 0 Å². The van der Waals surface area contributed by atoms with Crippen molar-refractivity contribution in [1.82, 2.24) is 10.2 Å². The second-order valence-electron chi connectivity index (χ2n) is 3.97. The number of para-hydroxylation sites is 2. The molecule has 1 aromatic carbocycles. The predicted octanol–water partition coefficient (Wildman–Crippen LogP) is 1.46. The van der Waals surface area contributed by atoms with Crippen LogP contribution in [0.3, 0.4) is 0 Å². The van der Waals surface area contributed by atoms with Gasteiger partial charge in [0, 0.05) is 5.75 Å². The molecular weight excluding hydrogens is 266 g/mol. The maximum atomic E-state index is 5.83. The Morgan fingerprint density at radius 3 is 2.89 bits per heavy atom. The van der Waals surface area contributed by atoms with Crippen molar-refractivity contribution in [3.63, 3.8) is 0 Å². The second kappa shape index (κ2) is 5.50. The van der Waals surface area contributed by atoms with Crippen molar-refractivity contribution in [2.24, 2.45) is 5.73 Å². The lowest BCUT2D eigenvalue weighted by atomic mass is 10.3. The second-order valence-corrected chi connectivity index (χ2v) is 4.95. The third-order valence-corrected chi connectivity index (χ3v) is 3.53. The van der Waals surface area contributed by atoms with Gasteiger partial charge in [-0.1, -0.05) is 23.9 Å². The minimum absolute atomic E-state index is 0.0341. The molecule has 2 heterocycles. The Morgan fingerprint density at radius 2 is 2.11 bits per heavy atom. The van der Waals surface area contributed by atoms with Gasteiger partial charge in [0.2, 0.25) is 5.89 Å². The molecule has 0 aliphatic carbocycles. The average Bonchev–Trinajstić information content (AvgIpc) is 2.93. The summed E-state index contributed by atoms with van der Waals surface area (Å²) < 4.78 is 16.8. The monoisotopic (exact) mass is 279 g/mol. The van der Waals surface area contributed by atoms with Crippen molar-refractivity contribution in [3.8, 4) is 11.5 Å². The first kappa shape index (κ1) is 12.3. The van der Waals surface area contributed by atoms with E-state index in [1.807, 2.05) is 24.3 Å². The van der Waals surface area contributed by atoms with E-state index >= 15 is 0 Å². The standard InChI is InChI=1S/C12H13N3O3S/c13-5-11-14-15-12(18-11)19-7-8-6-16-9-3-1-2-4-10(9)17-8/h1-4,8H,5-7,13H2. The van der Waals surface area contributed by atoms with E-state index in [9.17, 15) is 0 Å². The van der Waals surface area contributed by atoms with Gasteiger partial charge < -0.3 is 19.6 Å². The quantitative estimate of drug-likeness (QED) is 0.848. The fraction of sp³-hybridized carbons (Fsp3) is 0.333. The molecule has 2 N–H and O–H groups in total. The van der Waals surface area contributed by atoms with Gasteiger partial charge in [-0.2, -0.15) is 0 Å². The van der Waals surface area contributed by atoms with Crippen LogP contribution in [0, 0.1) is 0 Å². The summed E-state index contributed by atoms with van der Waals surface area (Å²) in [6, 6.07) is 7.63. The highest BCUT2D eigenvalue weighted by molar-refractivity contribution is 7.99. The van der Waals surface area contributed by atoms with Crippen molar-refractivity contribution in [2.75, 3.05) is 12.4 Å². The largest absolute Gasteiger partial charge is 0.486 e. The van der Waals surface area contributed by atoms with Crippen molar-refractivity contribution < 1.29 is 13.9 Å². The Hall–Kier alpha value is -1.73. The highest BCUT2D eigenvalue weighted by atomic mass is 32.2. The third-order valence-electron chi connectivity index (χ3n) is 2.58. The van der Waals surface area contributed by atoms with Crippen LogP contribution in [0.4, 0.5) is 0 Å². The zero-order valence-corrected chi connectivity index (χ0v) is 10.9. The molecule has 1 aromatic heterocycles. The summed E-state index contributed by atoms with van der Waals surface area (Å²) in [7, 11) is 0. The first-order valence-corrected chi connectivity index (χ1v) is 6.87. The molecule has 1 aliphatic heterocycles. The zero-order chi connectivity index (χ0) is 13.1. The van der Waals surface area contributed by atoms with E-state index in [2.05, 4.69) is 10.2 Å². The molecule has 100 valence electrons. The van der Waals surface area contributed by atoms with E-state index in [0.29, 0.717) is 23.5 Å². The minimum Gasteiger partial charge on any atom is -0.486 e. The van der Waals surface area contributed by atoms with Crippen molar-refractivity contribution in [3.05, 3.63) is 30.2 Å². The van der Waals surface area contributed by atoms with Gasteiger partial charge in [-0.25, -0.2) is 0 Å². The molecule has 0 saturated heterocycles. The molecule has 0 spiro atoms. The number of nitrogens with zero attached hydrogens (tertiary/aromatic N) is 2. The van der Waals surface area contributed by atoms with Gasteiger partial charge in [-0.15, -0.1) is 10.2 Å². The number of rotatable bonds is 4. The first-order valence-electron chi connectivity index (χ1n) is 5.89. The minimum atomic E-state index is -0.0341. The van der Waals surface area contributed by atoms with Crippen molar-refractivity contribution >= 4 is 11.8 Å². The van der Waals surface area contributed by atoms with Gasteiger partial charge in [-0.05, 0) is 12.1 Å². The molecule has 0 bridgehead atoms. The highest BCUT2D eigenvalue weighted by Crippen LogP contribution is 2.32. The SMILES string of the molecule is NCc1nnc(SCC2COc3ccccc3O2)o1. The van der Waals surface area contributed by atoms with E-state index < -0.39 is 0 Å². The predicted molar refractivity (Wildman–Crippen MR) is 69.3 cm³/mol. The lowest BCUT2D eigenvalue weighted by Gasteiger charge is -2.25. The smallest absolute Gasteiger partial charge is 0.276 e. The molecule has 1 unspecified atom stereocenters. The molecule has 19 heavy (non-hydrogen) atoms. The lowest BCUT2D eigenvalue weighted by molar-refractivity contribution is 0.107. The molecule has 0 saturated carbocycles. The molecule has 2 aromatic rings. The maximum Gasteiger partial charge on any atom is 0.276 e. The molecule has 0 radical (unpaired) electrons. The molecule has 0 amide bonds. The van der Waals surface area contributed by atoms with Crippen LogP contribution in [0.25, 0.3) is 0 Å². The molecule has 3 rings (SSSR count). The van der Waals surface area contributed by atoms with Gasteiger partial charge in [0.05, 0.1) is 6.54 Å². The summed E-state index contributed by atoms with van der Waals surface area (Å²) in [5, 5.41) is 8.19. The first-order chi connectivity index (χ1) is 9.35. The number of benzene rings is 1. The lowest BCUT2D eigenvalue weighted by Crippen LogP contribution is -2.31. The number of ether oxygens (including phenoxy) is 2. The van der Waals surface area contributed by atoms with Crippen LogP contribution in [0.2, 0.25) is 0 Å². The number of hydrogen-bond donors (Lipinski definition) is 1. The number of thioether (sulfide) groups is 1. The molecule has 6 nitrogen and oxygen atoms in total. The van der Waals surface area contributed by atoms with Crippen LogP contribution < -0.4 is 15.2 Å². The third kappa shape index (κ3) is 2.82. The summed E-state index contributed by atoms with van der Waals surface area (Å²) in [5.74, 6) is 2.67. The summed E-state index contributed by atoms with van der Waals surface area (Å²) in [5.41, 5.74) is 5.41. The normalized spacial score (nSPS) is 17.4. The van der Waals surface area contributed by atoms with Gasteiger partial charge in [0.25, 0.3) is 5.22 Å². The van der Waals surface area contributed by atoms with Crippen LogP contribution in [-0.4, -0.2) is 28.7 Å². The molecular formula is C12H13N3O3S. The van der Waals surface area contributed by atoms with Gasteiger partial charge in [0.15, 0.2) is 11.5 Å². The topological polar surface area (TPSA) is 83.4 Å². The number of nitrogens with two attached hydrogens (primary N) is 1. The summed E-state index contributed by atoms with van der Waals surface area (Å²) in [4.78, 5) is 0. The Labute approximate surface area is 114 Å². The maximum absolute atomic E-state index is 5.83. The highest BCUT2D eigenvalue weighted by Gasteiger charge is 2.21. The van der Waals surface area contributed by atoms with Crippen molar-refractivity contribution in [2.45, 2.75) is 17.9 Å².